The van der Waals surface area contributed by atoms with Crippen LogP contribution in [0.2, 0.25) is 0 Å². The van der Waals surface area contributed by atoms with Crippen LogP contribution >= 0.6 is 0 Å². The first kappa shape index (κ1) is 20.9. The maximum atomic E-state index is 14.3. The maximum absolute atomic E-state index is 14.3. The molecule has 170 valence electrons. The number of nitrogens with one attached hydrogen (secondary N) is 1. The average molecular weight is 442 g/mol. The molecule has 3 atom stereocenters. The summed E-state index contributed by atoms with van der Waals surface area (Å²) in [5.74, 6) is -1.36. The lowest BCUT2D eigenvalue weighted by atomic mass is 9.83. The van der Waals surface area contributed by atoms with E-state index in [1.165, 1.54) is 28.8 Å². The van der Waals surface area contributed by atoms with E-state index >= 15 is 0 Å². The van der Waals surface area contributed by atoms with Crippen molar-refractivity contribution in [2.45, 2.75) is 69.7 Å². The Balaban J connectivity index is 1.31. The number of hydrogen-bond donors (Lipinski definition) is 2. The number of rotatable bonds is 5. The standard InChI is InChI=1S/C23H28FN5O3/c24-14-10-18(22(32)26-15-4-3-7-23(11-15)8-9-23)28(12-14)19(30)13-29-17-6-2-1-5-16(17)20(27-29)21(25)31/h1-2,5-6,14-15,18H,3-4,7-13H2,(H2,25,31)(H,26,32)/t14-,15?,18+/m1/s1. The second kappa shape index (κ2) is 7.86. The third kappa shape index (κ3) is 3.84. The number of fused-ring (bicyclic) bond motifs is 1. The molecule has 3 amide bonds. The van der Waals surface area contributed by atoms with Crippen LogP contribution < -0.4 is 11.1 Å². The van der Waals surface area contributed by atoms with E-state index in [0.717, 1.165) is 19.3 Å². The largest absolute Gasteiger partial charge is 0.364 e. The lowest BCUT2D eigenvalue weighted by molar-refractivity contribution is -0.139. The fraction of sp³-hybridized carbons (Fsp3) is 0.565. The Bertz CT molecular complexity index is 1080. The summed E-state index contributed by atoms with van der Waals surface area (Å²) in [6.07, 6.45) is 5.45. The van der Waals surface area contributed by atoms with Crippen LogP contribution in [0.15, 0.2) is 24.3 Å². The van der Waals surface area contributed by atoms with Crippen molar-refractivity contribution in [3.05, 3.63) is 30.0 Å². The van der Waals surface area contributed by atoms with E-state index < -0.39 is 24.0 Å². The molecule has 0 radical (unpaired) electrons. The van der Waals surface area contributed by atoms with Gasteiger partial charge >= 0.3 is 0 Å². The second-order valence-corrected chi connectivity index (χ2v) is 9.58. The number of likely N-dealkylation sites (tertiary alicyclic amines) is 1. The van der Waals surface area contributed by atoms with Crippen molar-refractivity contribution in [3.8, 4) is 0 Å². The summed E-state index contributed by atoms with van der Waals surface area (Å²) in [4.78, 5) is 39.2. The topological polar surface area (TPSA) is 110 Å². The molecule has 5 rings (SSSR count). The lowest BCUT2D eigenvalue weighted by Gasteiger charge is -2.32. The van der Waals surface area contributed by atoms with Gasteiger partial charge < -0.3 is 16.0 Å². The number of nitrogens with two attached hydrogens (primary N) is 1. The third-order valence-electron chi connectivity index (χ3n) is 7.29. The van der Waals surface area contributed by atoms with E-state index in [2.05, 4.69) is 10.4 Å². The highest BCUT2D eigenvalue weighted by Gasteiger charge is 2.47. The maximum Gasteiger partial charge on any atom is 0.269 e. The molecule has 2 aromatic rings. The summed E-state index contributed by atoms with van der Waals surface area (Å²) in [7, 11) is 0. The minimum atomic E-state index is -1.24. The average Bonchev–Trinajstić information content (AvgIpc) is 3.21. The van der Waals surface area contributed by atoms with Gasteiger partial charge in [0.05, 0.1) is 12.1 Å². The highest BCUT2D eigenvalue weighted by atomic mass is 19.1. The van der Waals surface area contributed by atoms with Gasteiger partial charge in [-0.1, -0.05) is 24.6 Å². The molecular weight excluding hydrogens is 413 g/mol. The predicted molar refractivity (Wildman–Crippen MR) is 115 cm³/mol. The Morgan fingerprint density at radius 2 is 2.00 bits per heavy atom. The van der Waals surface area contributed by atoms with Crippen LogP contribution in [0.5, 0.6) is 0 Å². The van der Waals surface area contributed by atoms with Gasteiger partial charge in [-0.2, -0.15) is 5.10 Å². The smallest absolute Gasteiger partial charge is 0.269 e. The Morgan fingerprint density at radius 3 is 2.75 bits per heavy atom. The predicted octanol–water partition coefficient (Wildman–Crippen LogP) is 1.91. The number of amides is 3. The van der Waals surface area contributed by atoms with Crippen LogP contribution in [0.1, 0.15) is 55.4 Å². The molecule has 8 nitrogen and oxygen atoms in total. The molecule has 2 aliphatic carbocycles. The van der Waals surface area contributed by atoms with Crippen LogP contribution in [0, 0.1) is 5.41 Å². The molecule has 9 heteroatoms. The van der Waals surface area contributed by atoms with Gasteiger partial charge in [0, 0.05) is 17.8 Å². The molecule has 32 heavy (non-hydrogen) atoms. The van der Waals surface area contributed by atoms with Gasteiger partial charge in [-0.25, -0.2) is 4.39 Å². The summed E-state index contributed by atoms with van der Waals surface area (Å²) < 4.78 is 15.7. The van der Waals surface area contributed by atoms with Gasteiger partial charge in [-0.3, -0.25) is 19.1 Å². The minimum absolute atomic E-state index is 0.00181. The van der Waals surface area contributed by atoms with E-state index in [9.17, 15) is 18.8 Å². The number of halogens is 1. The molecule has 1 saturated heterocycles. The van der Waals surface area contributed by atoms with Crippen molar-refractivity contribution in [1.29, 1.82) is 0 Å². The van der Waals surface area contributed by atoms with Gasteiger partial charge in [0.1, 0.15) is 18.8 Å². The van der Waals surface area contributed by atoms with Gasteiger partial charge in [-0.05, 0) is 43.6 Å². The first-order valence-electron chi connectivity index (χ1n) is 11.3. The molecule has 1 aromatic heterocycles. The van der Waals surface area contributed by atoms with Crippen LogP contribution in [-0.2, 0) is 16.1 Å². The zero-order valence-electron chi connectivity index (χ0n) is 17.9. The van der Waals surface area contributed by atoms with E-state index in [-0.39, 0.29) is 37.2 Å². The first-order valence-corrected chi connectivity index (χ1v) is 11.3. The van der Waals surface area contributed by atoms with Crippen LogP contribution in [0.25, 0.3) is 10.9 Å². The quantitative estimate of drug-likeness (QED) is 0.738. The number of carbonyl (C=O) groups excluding carboxylic acids is 3. The summed E-state index contributed by atoms with van der Waals surface area (Å²) >= 11 is 0. The molecule has 1 aromatic carbocycles. The number of aromatic nitrogens is 2. The Hall–Kier alpha value is -2.97. The Kier molecular flexibility index (Phi) is 5.14. The molecular formula is C23H28FN5O3. The molecule has 2 heterocycles. The molecule has 1 spiro atoms. The van der Waals surface area contributed by atoms with Gasteiger partial charge in [-0.15, -0.1) is 0 Å². The van der Waals surface area contributed by atoms with Crippen LogP contribution in [0.3, 0.4) is 0 Å². The summed E-state index contributed by atoms with van der Waals surface area (Å²) in [6.45, 7) is -0.315. The Labute approximate surface area is 185 Å². The van der Waals surface area contributed by atoms with Gasteiger partial charge in [0.2, 0.25) is 11.8 Å². The molecule has 1 unspecified atom stereocenters. The highest BCUT2D eigenvalue weighted by Crippen LogP contribution is 2.56. The molecule has 3 N–H and O–H groups in total. The number of alkyl halides is 1. The first-order chi connectivity index (χ1) is 15.3. The Morgan fingerprint density at radius 1 is 1.22 bits per heavy atom. The number of nitrogens with zero attached hydrogens (tertiary/aromatic N) is 3. The van der Waals surface area contributed by atoms with E-state index in [0.29, 0.717) is 16.3 Å². The normalized spacial score (nSPS) is 26.4. The van der Waals surface area contributed by atoms with Crippen LogP contribution in [0.4, 0.5) is 4.39 Å². The molecule has 0 bridgehead atoms. The minimum Gasteiger partial charge on any atom is -0.364 e. The van der Waals surface area contributed by atoms with Crippen molar-refractivity contribution in [1.82, 2.24) is 20.0 Å². The molecule has 3 aliphatic rings. The zero-order chi connectivity index (χ0) is 22.5. The van der Waals surface area contributed by atoms with Crippen LogP contribution in [-0.4, -0.2) is 57.2 Å². The summed E-state index contributed by atoms with van der Waals surface area (Å²) in [6, 6.07) is 6.26. The number of carbonyl (C=O) groups is 3. The van der Waals surface area contributed by atoms with Crippen molar-refractivity contribution in [2.75, 3.05) is 6.54 Å². The fourth-order valence-electron chi connectivity index (χ4n) is 5.46. The van der Waals surface area contributed by atoms with E-state index in [4.69, 9.17) is 5.73 Å². The lowest BCUT2D eigenvalue weighted by Crippen LogP contribution is -2.50. The number of benzene rings is 1. The molecule has 1 aliphatic heterocycles. The van der Waals surface area contributed by atoms with Crippen molar-refractivity contribution >= 4 is 28.6 Å². The fourth-order valence-corrected chi connectivity index (χ4v) is 5.46. The summed E-state index contributed by atoms with van der Waals surface area (Å²) in [5.41, 5.74) is 6.50. The SMILES string of the molecule is NC(=O)c1nn(CC(=O)N2C[C@H](F)C[C@H]2C(=O)NC2CCCC3(CC3)C2)c2ccccc12. The number of para-hydroxylation sites is 1. The summed E-state index contributed by atoms with van der Waals surface area (Å²) in [5, 5.41) is 7.85. The highest BCUT2D eigenvalue weighted by molar-refractivity contribution is 6.04. The molecule has 2 saturated carbocycles. The van der Waals surface area contributed by atoms with Crippen molar-refractivity contribution in [2.24, 2.45) is 11.1 Å². The zero-order valence-corrected chi connectivity index (χ0v) is 17.9. The monoisotopic (exact) mass is 441 g/mol. The van der Waals surface area contributed by atoms with E-state index in [1.807, 2.05) is 0 Å². The number of hydrogen-bond acceptors (Lipinski definition) is 4. The second-order valence-electron chi connectivity index (χ2n) is 9.58. The van der Waals surface area contributed by atoms with Gasteiger partial charge in [0.25, 0.3) is 5.91 Å². The number of primary amides is 1. The van der Waals surface area contributed by atoms with Crippen molar-refractivity contribution < 1.29 is 18.8 Å². The third-order valence-corrected chi connectivity index (χ3v) is 7.29. The molecule has 3 fully saturated rings. The van der Waals surface area contributed by atoms with Crippen molar-refractivity contribution in [3.63, 3.8) is 0 Å². The van der Waals surface area contributed by atoms with Gasteiger partial charge in [0.15, 0.2) is 5.69 Å². The van der Waals surface area contributed by atoms with E-state index in [1.54, 1.807) is 24.3 Å².